The zero-order valence-electron chi connectivity index (χ0n) is 11.7. The maximum absolute atomic E-state index is 12.3. The summed E-state index contributed by atoms with van der Waals surface area (Å²) in [5.41, 5.74) is 1.27. The molecule has 0 saturated carbocycles. The summed E-state index contributed by atoms with van der Waals surface area (Å²) in [6.07, 6.45) is 1.69. The predicted molar refractivity (Wildman–Crippen MR) is 80.6 cm³/mol. The number of hydrogen-bond donors (Lipinski definition) is 2. The lowest BCUT2D eigenvalue weighted by atomic mass is 10.1. The van der Waals surface area contributed by atoms with E-state index in [9.17, 15) is 4.79 Å². The standard InChI is InChI=1S/C15H13ClN4O2/c1-9-18-14(20-22-9)13(10-4-6-11(16)7-5-10)19-15(21)12-3-2-8-17-12/h2-8,13,17H,1H3,(H,19,21). The smallest absolute Gasteiger partial charge is 0.268 e. The summed E-state index contributed by atoms with van der Waals surface area (Å²) >= 11 is 5.91. The van der Waals surface area contributed by atoms with Gasteiger partial charge < -0.3 is 14.8 Å². The summed E-state index contributed by atoms with van der Waals surface area (Å²) in [4.78, 5) is 19.4. The minimum Gasteiger partial charge on any atom is -0.357 e. The second kappa shape index (κ2) is 6.03. The van der Waals surface area contributed by atoms with E-state index in [-0.39, 0.29) is 5.91 Å². The molecule has 2 aromatic heterocycles. The summed E-state index contributed by atoms with van der Waals surface area (Å²) in [5.74, 6) is 0.565. The van der Waals surface area contributed by atoms with Gasteiger partial charge in [-0.2, -0.15) is 4.98 Å². The molecule has 1 aromatic carbocycles. The molecule has 0 aliphatic rings. The van der Waals surface area contributed by atoms with E-state index >= 15 is 0 Å². The van der Waals surface area contributed by atoms with Gasteiger partial charge in [0.25, 0.3) is 5.91 Å². The van der Waals surface area contributed by atoms with Crippen molar-refractivity contribution in [2.75, 3.05) is 0 Å². The number of halogens is 1. The van der Waals surface area contributed by atoms with Gasteiger partial charge in [0.15, 0.2) is 5.82 Å². The van der Waals surface area contributed by atoms with Gasteiger partial charge in [-0.1, -0.05) is 28.9 Å². The second-order valence-corrected chi connectivity index (χ2v) is 5.15. The van der Waals surface area contributed by atoms with Gasteiger partial charge in [0, 0.05) is 18.1 Å². The molecular weight excluding hydrogens is 304 g/mol. The maximum atomic E-state index is 12.3. The minimum absolute atomic E-state index is 0.257. The van der Waals surface area contributed by atoms with Crippen LogP contribution in [0.15, 0.2) is 47.1 Å². The Hall–Kier alpha value is -2.60. The molecule has 112 valence electrons. The monoisotopic (exact) mass is 316 g/mol. The van der Waals surface area contributed by atoms with Crippen molar-refractivity contribution in [3.63, 3.8) is 0 Å². The van der Waals surface area contributed by atoms with Crippen molar-refractivity contribution in [1.29, 1.82) is 0 Å². The Kier molecular flexibility index (Phi) is 3.93. The molecule has 1 unspecified atom stereocenters. The molecule has 0 aliphatic carbocycles. The molecule has 0 aliphatic heterocycles. The number of aromatic nitrogens is 3. The van der Waals surface area contributed by atoms with Crippen molar-refractivity contribution < 1.29 is 9.32 Å². The van der Waals surface area contributed by atoms with E-state index < -0.39 is 6.04 Å². The van der Waals surface area contributed by atoms with Crippen LogP contribution in [-0.2, 0) is 0 Å². The highest BCUT2D eigenvalue weighted by molar-refractivity contribution is 6.30. The molecule has 2 N–H and O–H groups in total. The maximum Gasteiger partial charge on any atom is 0.268 e. The Balaban J connectivity index is 1.92. The lowest BCUT2D eigenvalue weighted by Gasteiger charge is -2.15. The predicted octanol–water partition coefficient (Wildman–Crippen LogP) is 2.88. The van der Waals surface area contributed by atoms with Crippen LogP contribution in [0.5, 0.6) is 0 Å². The molecule has 1 amide bonds. The van der Waals surface area contributed by atoms with Crippen molar-refractivity contribution in [1.82, 2.24) is 20.4 Å². The fraction of sp³-hybridized carbons (Fsp3) is 0.133. The largest absolute Gasteiger partial charge is 0.357 e. The first-order valence-electron chi connectivity index (χ1n) is 6.63. The number of H-pyrrole nitrogens is 1. The number of carbonyl (C=O) groups excluding carboxylic acids is 1. The van der Waals surface area contributed by atoms with E-state index in [1.807, 2.05) is 12.1 Å². The third-order valence-electron chi connectivity index (χ3n) is 3.12. The molecular formula is C15H13ClN4O2. The topological polar surface area (TPSA) is 83.8 Å². The first kappa shape index (κ1) is 14.3. The van der Waals surface area contributed by atoms with Gasteiger partial charge in [-0.3, -0.25) is 4.79 Å². The van der Waals surface area contributed by atoms with Crippen molar-refractivity contribution in [3.05, 3.63) is 70.6 Å². The zero-order chi connectivity index (χ0) is 15.5. The lowest BCUT2D eigenvalue weighted by Crippen LogP contribution is -2.30. The highest BCUT2D eigenvalue weighted by Gasteiger charge is 2.22. The normalized spacial score (nSPS) is 12.1. The van der Waals surface area contributed by atoms with Crippen LogP contribution in [0.25, 0.3) is 0 Å². The summed E-state index contributed by atoms with van der Waals surface area (Å²) in [6, 6.07) is 10.0. The number of aromatic amines is 1. The SMILES string of the molecule is Cc1nc(C(NC(=O)c2ccc[nH]2)c2ccc(Cl)cc2)no1. The number of hydrogen-bond acceptors (Lipinski definition) is 4. The lowest BCUT2D eigenvalue weighted by molar-refractivity contribution is 0.0937. The Morgan fingerprint density at radius 1 is 1.32 bits per heavy atom. The molecule has 3 aromatic rings. The Labute approximate surface area is 131 Å². The highest BCUT2D eigenvalue weighted by Crippen LogP contribution is 2.22. The Morgan fingerprint density at radius 2 is 2.09 bits per heavy atom. The molecule has 3 rings (SSSR count). The molecule has 22 heavy (non-hydrogen) atoms. The van der Waals surface area contributed by atoms with Crippen LogP contribution in [0.1, 0.15) is 33.8 Å². The number of rotatable bonds is 4. The fourth-order valence-corrected chi connectivity index (χ4v) is 2.19. The number of benzene rings is 1. The summed E-state index contributed by atoms with van der Waals surface area (Å²) in [5, 5.41) is 7.41. The first-order valence-corrected chi connectivity index (χ1v) is 7.01. The van der Waals surface area contributed by atoms with Crippen LogP contribution in [0, 0.1) is 6.92 Å². The number of nitrogens with zero attached hydrogens (tertiary/aromatic N) is 2. The van der Waals surface area contributed by atoms with Gasteiger partial charge in [0.2, 0.25) is 5.89 Å². The van der Waals surface area contributed by atoms with Crippen LogP contribution >= 0.6 is 11.6 Å². The molecule has 6 nitrogen and oxygen atoms in total. The molecule has 2 heterocycles. The second-order valence-electron chi connectivity index (χ2n) is 4.71. The number of aryl methyl sites for hydroxylation is 1. The molecule has 0 radical (unpaired) electrons. The van der Waals surface area contributed by atoms with Crippen LogP contribution in [0.3, 0.4) is 0 Å². The van der Waals surface area contributed by atoms with Crippen LogP contribution in [0.4, 0.5) is 0 Å². The van der Waals surface area contributed by atoms with E-state index in [4.69, 9.17) is 16.1 Å². The van der Waals surface area contributed by atoms with E-state index in [0.29, 0.717) is 22.4 Å². The van der Waals surface area contributed by atoms with Gasteiger partial charge in [0.05, 0.1) is 0 Å². The van der Waals surface area contributed by atoms with Crippen LogP contribution in [-0.4, -0.2) is 21.0 Å². The zero-order valence-corrected chi connectivity index (χ0v) is 12.5. The quantitative estimate of drug-likeness (QED) is 0.775. The minimum atomic E-state index is -0.523. The molecule has 0 saturated heterocycles. The van der Waals surface area contributed by atoms with E-state index in [1.54, 1.807) is 37.4 Å². The van der Waals surface area contributed by atoms with Gasteiger partial charge in [0.1, 0.15) is 11.7 Å². The summed E-state index contributed by atoms with van der Waals surface area (Å²) in [6.45, 7) is 1.70. The third-order valence-corrected chi connectivity index (χ3v) is 3.37. The first-order chi connectivity index (χ1) is 10.6. The van der Waals surface area contributed by atoms with Gasteiger partial charge >= 0.3 is 0 Å². The van der Waals surface area contributed by atoms with Crippen molar-refractivity contribution in [2.24, 2.45) is 0 Å². The van der Waals surface area contributed by atoms with E-state index in [0.717, 1.165) is 5.56 Å². The Morgan fingerprint density at radius 3 is 2.68 bits per heavy atom. The molecule has 0 spiro atoms. The molecule has 0 fully saturated rings. The molecule has 7 heteroatoms. The summed E-state index contributed by atoms with van der Waals surface area (Å²) < 4.78 is 5.02. The van der Waals surface area contributed by atoms with Gasteiger partial charge in [-0.05, 0) is 29.8 Å². The molecule has 0 bridgehead atoms. The number of amides is 1. The number of nitrogens with one attached hydrogen (secondary N) is 2. The third kappa shape index (κ3) is 3.01. The average Bonchev–Trinajstić information content (AvgIpc) is 3.17. The molecule has 1 atom stereocenters. The van der Waals surface area contributed by atoms with Gasteiger partial charge in [-0.15, -0.1) is 0 Å². The fourth-order valence-electron chi connectivity index (χ4n) is 2.06. The van der Waals surface area contributed by atoms with Crippen molar-refractivity contribution in [2.45, 2.75) is 13.0 Å². The number of carbonyl (C=O) groups is 1. The van der Waals surface area contributed by atoms with E-state index in [2.05, 4.69) is 20.4 Å². The average molecular weight is 317 g/mol. The van der Waals surface area contributed by atoms with Gasteiger partial charge in [-0.25, -0.2) is 0 Å². The van der Waals surface area contributed by atoms with E-state index in [1.165, 1.54) is 0 Å². The van der Waals surface area contributed by atoms with Crippen molar-refractivity contribution in [3.8, 4) is 0 Å². The van der Waals surface area contributed by atoms with Crippen molar-refractivity contribution >= 4 is 17.5 Å². The Bertz CT molecular complexity index is 765. The summed E-state index contributed by atoms with van der Waals surface area (Å²) in [7, 11) is 0. The van der Waals surface area contributed by atoms with Crippen LogP contribution < -0.4 is 5.32 Å². The van der Waals surface area contributed by atoms with Crippen LogP contribution in [0.2, 0.25) is 5.02 Å². The highest BCUT2D eigenvalue weighted by atomic mass is 35.5.